The maximum atomic E-state index is 10.4. The molecule has 0 spiro atoms. The first-order valence-corrected chi connectivity index (χ1v) is 5.02. The molecule has 1 N–H and O–H groups in total. The molecule has 1 aromatic carbocycles. The van der Waals surface area contributed by atoms with Crippen molar-refractivity contribution in [2.24, 2.45) is 0 Å². The number of carboxylic acids is 1. The molecule has 14 heavy (non-hydrogen) atoms. The summed E-state index contributed by atoms with van der Waals surface area (Å²) >= 11 is 0. The summed E-state index contributed by atoms with van der Waals surface area (Å²) in [6.07, 6.45) is 3.01. The first-order valence-electron chi connectivity index (χ1n) is 5.02. The fourth-order valence-corrected chi connectivity index (χ4v) is 1.56. The molecule has 1 aromatic rings. The van der Waals surface area contributed by atoms with Gasteiger partial charge in [-0.3, -0.25) is 4.79 Å². The van der Waals surface area contributed by atoms with Gasteiger partial charge in [0.1, 0.15) is 0 Å². The zero-order chi connectivity index (χ0) is 10.4. The zero-order valence-corrected chi connectivity index (χ0v) is 8.49. The summed E-state index contributed by atoms with van der Waals surface area (Å²) in [5, 5.41) is 8.60. The molecule has 0 aromatic heterocycles. The Morgan fingerprint density at radius 2 is 1.79 bits per heavy atom. The van der Waals surface area contributed by atoms with Crippen LogP contribution in [-0.2, 0) is 17.6 Å². The molecule has 0 aliphatic carbocycles. The van der Waals surface area contributed by atoms with Crippen molar-refractivity contribution in [3.63, 3.8) is 0 Å². The standard InChI is InChI=1S/C12H16O2/c1-2-5-10-6-3-4-7-11(10)8-9-12(13)14/h3-4,6-7H,2,5,8-9H2,1H3,(H,13,14). The number of carboxylic acid groups (broad SMARTS) is 1. The van der Waals surface area contributed by atoms with E-state index < -0.39 is 5.97 Å². The summed E-state index contributed by atoms with van der Waals surface area (Å²) < 4.78 is 0. The molecule has 1 rings (SSSR count). The van der Waals surface area contributed by atoms with Crippen molar-refractivity contribution in [1.82, 2.24) is 0 Å². The third-order valence-corrected chi connectivity index (χ3v) is 2.25. The lowest BCUT2D eigenvalue weighted by Crippen LogP contribution is -2.00. The fourth-order valence-electron chi connectivity index (χ4n) is 1.56. The van der Waals surface area contributed by atoms with E-state index in [9.17, 15) is 4.79 Å². The maximum Gasteiger partial charge on any atom is 0.303 e. The van der Waals surface area contributed by atoms with Crippen LogP contribution >= 0.6 is 0 Å². The molecule has 0 amide bonds. The number of benzene rings is 1. The van der Waals surface area contributed by atoms with Gasteiger partial charge in [-0.05, 0) is 24.0 Å². The van der Waals surface area contributed by atoms with E-state index in [0.29, 0.717) is 6.42 Å². The van der Waals surface area contributed by atoms with E-state index in [1.54, 1.807) is 0 Å². The maximum absolute atomic E-state index is 10.4. The number of aliphatic carboxylic acids is 1. The van der Waals surface area contributed by atoms with Crippen molar-refractivity contribution in [1.29, 1.82) is 0 Å². The van der Waals surface area contributed by atoms with Crippen molar-refractivity contribution in [2.75, 3.05) is 0 Å². The minimum Gasteiger partial charge on any atom is -0.481 e. The van der Waals surface area contributed by atoms with Gasteiger partial charge in [-0.2, -0.15) is 0 Å². The molecule has 0 aliphatic heterocycles. The Hall–Kier alpha value is -1.31. The third kappa shape index (κ3) is 3.21. The molecular formula is C12H16O2. The van der Waals surface area contributed by atoms with Crippen LogP contribution in [0.3, 0.4) is 0 Å². The second-order valence-electron chi connectivity index (χ2n) is 3.41. The van der Waals surface area contributed by atoms with Crippen molar-refractivity contribution >= 4 is 5.97 Å². The zero-order valence-electron chi connectivity index (χ0n) is 8.49. The van der Waals surface area contributed by atoms with Crippen LogP contribution < -0.4 is 0 Å². The quantitative estimate of drug-likeness (QED) is 0.778. The van der Waals surface area contributed by atoms with Gasteiger partial charge in [0.2, 0.25) is 0 Å². The minimum atomic E-state index is -0.726. The number of hydrogen-bond acceptors (Lipinski definition) is 1. The predicted molar refractivity (Wildman–Crippen MR) is 56.4 cm³/mol. The Morgan fingerprint density at radius 3 is 2.29 bits per heavy atom. The molecule has 0 aliphatic rings. The summed E-state index contributed by atoms with van der Waals surface area (Å²) in [4.78, 5) is 10.4. The van der Waals surface area contributed by atoms with Crippen LogP contribution in [0.25, 0.3) is 0 Å². The van der Waals surface area contributed by atoms with Crippen LogP contribution in [0.5, 0.6) is 0 Å². The number of carbonyl (C=O) groups is 1. The van der Waals surface area contributed by atoms with Crippen molar-refractivity contribution in [2.45, 2.75) is 32.6 Å². The number of rotatable bonds is 5. The SMILES string of the molecule is CCCc1ccccc1CCC(=O)O. The molecule has 76 valence electrons. The lowest BCUT2D eigenvalue weighted by atomic mass is 10.00. The molecular weight excluding hydrogens is 176 g/mol. The van der Waals surface area contributed by atoms with E-state index in [0.717, 1.165) is 12.8 Å². The summed E-state index contributed by atoms with van der Waals surface area (Å²) in [6.45, 7) is 2.13. The highest BCUT2D eigenvalue weighted by Crippen LogP contribution is 2.12. The molecule has 0 heterocycles. The van der Waals surface area contributed by atoms with Gasteiger partial charge in [0.05, 0.1) is 0 Å². The first kappa shape index (κ1) is 10.8. The predicted octanol–water partition coefficient (Wildman–Crippen LogP) is 2.66. The topological polar surface area (TPSA) is 37.3 Å². The molecule has 0 atom stereocenters. The Labute approximate surface area is 84.6 Å². The Kier molecular flexibility index (Phi) is 4.17. The second kappa shape index (κ2) is 5.43. The van der Waals surface area contributed by atoms with Crippen LogP contribution in [0.1, 0.15) is 30.9 Å². The van der Waals surface area contributed by atoms with Crippen LogP contribution in [0.4, 0.5) is 0 Å². The van der Waals surface area contributed by atoms with E-state index >= 15 is 0 Å². The normalized spacial score (nSPS) is 10.1. The second-order valence-corrected chi connectivity index (χ2v) is 3.41. The summed E-state index contributed by atoms with van der Waals surface area (Å²) in [6, 6.07) is 8.08. The van der Waals surface area contributed by atoms with Gasteiger partial charge in [-0.25, -0.2) is 0 Å². The highest BCUT2D eigenvalue weighted by atomic mass is 16.4. The molecule has 0 unspecified atom stereocenters. The highest BCUT2D eigenvalue weighted by molar-refractivity contribution is 5.67. The summed E-state index contributed by atoms with van der Waals surface area (Å²) in [7, 11) is 0. The molecule has 0 fully saturated rings. The van der Waals surface area contributed by atoms with Gasteiger partial charge in [0, 0.05) is 6.42 Å². The first-order chi connectivity index (χ1) is 6.74. The molecule has 2 heteroatoms. The van der Waals surface area contributed by atoms with E-state index in [4.69, 9.17) is 5.11 Å². The van der Waals surface area contributed by atoms with E-state index in [1.807, 2.05) is 18.2 Å². The van der Waals surface area contributed by atoms with Gasteiger partial charge >= 0.3 is 5.97 Å². The van der Waals surface area contributed by atoms with Crippen molar-refractivity contribution in [3.8, 4) is 0 Å². The minimum absolute atomic E-state index is 0.223. The Morgan fingerprint density at radius 1 is 1.21 bits per heavy atom. The van der Waals surface area contributed by atoms with E-state index in [1.165, 1.54) is 11.1 Å². The smallest absolute Gasteiger partial charge is 0.303 e. The Bertz CT molecular complexity index is 305. The lowest BCUT2D eigenvalue weighted by Gasteiger charge is -2.06. The monoisotopic (exact) mass is 192 g/mol. The Balaban J connectivity index is 2.68. The van der Waals surface area contributed by atoms with Crippen LogP contribution in [0, 0.1) is 0 Å². The van der Waals surface area contributed by atoms with E-state index in [2.05, 4.69) is 13.0 Å². The van der Waals surface area contributed by atoms with Gasteiger partial charge in [-0.1, -0.05) is 37.6 Å². The molecule has 0 radical (unpaired) electrons. The highest BCUT2D eigenvalue weighted by Gasteiger charge is 2.03. The van der Waals surface area contributed by atoms with Gasteiger partial charge in [0.25, 0.3) is 0 Å². The van der Waals surface area contributed by atoms with Crippen LogP contribution in [0.15, 0.2) is 24.3 Å². The average Bonchev–Trinajstić information content (AvgIpc) is 2.17. The lowest BCUT2D eigenvalue weighted by molar-refractivity contribution is -0.136. The van der Waals surface area contributed by atoms with Gasteiger partial charge < -0.3 is 5.11 Å². The van der Waals surface area contributed by atoms with Gasteiger partial charge in [-0.15, -0.1) is 0 Å². The van der Waals surface area contributed by atoms with Gasteiger partial charge in [0.15, 0.2) is 0 Å². The fraction of sp³-hybridized carbons (Fsp3) is 0.417. The number of aryl methyl sites for hydroxylation is 2. The summed E-state index contributed by atoms with van der Waals surface area (Å²) in [5.41, 5.74) is 2.47. The summed E-state index contributed by atoms with van der Waals surface area (Å²) in [5.74, 6) is -0.726. The molecule has 0 saturated heterocycles. The number of hydrogen-bond donors (Lipinski definition) is 1. The molecule has 2 nitrogen and oxygen atoms in total. The average molecular weight is 192 g/mol. The van der Waals surface area contributed by atoms with Crippen LogP contribution in [0.2, 0.25) is 0 Å². The largest absolute Gasteiger partial charge is 0.481 e. The molecule has 0 bridgehead atoms. The van der Waals surface area contributed by atoms with Crippen LogP contribution in [-0.4, -0.2) is 11.1 Å². The molecule has 0 saturated carbocycles. The van der Waals surface area contributed by atoms with Crippen molar-refractivity contribution < 1.29 is 9.90 Å². The van der Waals surface area contributed by atoms with Crippen molar-refractivity contribution in [3.05, 3.63) is 35.4 Å². The van der Waals surface area contributed by atoms with E-state index in [-0.39, 0.29) is 6.42 Å². The third-order valence-electron chi connectivity index (χ3n) is 2.25.